The number of esters is 1. The van der Waals surface area contributed by atoms with Gasteiger partial charge in [0.2, 0.25) is 0 Å². The summed E-state index contributed by atoms with van der Waals surface area (Å²) >= 11 is 0. The zero-order valence-corrected chi connectivity index (χ0v) is 14.4. The van der Waals surface area contributed by atoms with E-state index in [9.17, 15) is 4.79 Å². The SMILES string of the molecule is O=C(OC1CCCCCC1)C1CCN(c2ccc3nnnn3n2)CC1. The molecule has 0 N–H and O–H groups in total. The molecule has 2 aromatic heterocycles. The number of rotatable bonds is 3. The van der Waals surface area contributed by atoms with E-state index >= 15 is 0 Å². The molecule has 0 radical (unpaired) electrons. The van der Waals surface area contributed by atoms with Gasteiger partial charge < -0.3 is 9.64 Å². The van der Waals surface area contributed by atoms with Crippen molar-refractivity contribution in [3.8, 4) is 0 Å². The van der Waals surface area contributed by atoms with Gasteiger partial charge in [-0.15, -0.1) is 14.8 Å². The number of hydrogen-bond donors (Lipinski definition) is 0. The summed E-state index contributed by atoms with van der Waals surface area (Å²) in [6, 6.07) is 3.78. The number of piperidine rings is 1. The second-order valence-electron chi connectivity index (χ2n) is 7.03. The lowest BCUT2D eigenvalue weighted by Crippen LogP contribution is -2.38. The average Bonchev–Trinajstić information content (AvgIpc) is 2.97. The third-order valence-electron chi connectivity index (χ3n) is 5.29. The summed E-state index contributed by atoms with van der Waals surface area (Å²) in [7, 11) is 0. The second kappa shape index (κ2) is 7.33. The summed E-state index contributed by atoms with van der Waals surface area (Å²) in [4.78, 5) is 14.7. The Morgan fingerprint density at radius 3 is 2.56 bits per heavy atom. The third-order valence-corrected chi connectivity index (χ3v) is 5.29. The van der Waals surface area contributed by atoms with Crippen LogP contribution in [-0.2, 0) is 9.53 Å². The van der Waals surface area contributed by atoms with Crippen LogP contribution in [0.15, 0.2) is 12.1 Å². The number of carbonyl (C=O) groups excluding carboxylic acids is 1. The first-order chi connectivity index (χ1) is 12.3. The van der Waals surface area contributed by atoms with Crippen molar-refractivity contribution in [3.63, 3.8) is 0 Å². The van der Waals surface area contributed by atoms with E-state index in [1.165, 1.54) is 30.3 Å². The van der Waals surface area contributed by atoms with Gasteiger partial charge in [0, 0.05) is 13.1 Å². The molecule has 0 unspecified atom stereocenters. The predicted molar refractivity (Wildman–Crippen MR) is 91.1 cm³/mol. The van der Waals surface area contributed by atoms with E-state index in [0.717, 1.165) is 44.6 Å². The van der Waals surface area contributed by atoms with E-state index in [4.69, 9.17) is 4.74 Å². The Labute approximate surface area is 146 Å². The third kappa shape index (κ3) is 3.72. The summed E-state index contributed by atoms with van der Waals surface area (Å²) in [6.45, 7) is 1.59. The van der Waals surface area contributed by atoms with Crippen molar-refractivity contribution in [1.82, 2.24) is 25.3 Å². The normalized spacial score (nSPS) is 20.6. The fourth-order valence-corrected chi connectivity index (χ4v) is 3.77. The molecule has 4 rings (SSSR count). The Kier molecular flexibility index (Phi) is 4.76. The van der Waals surface area contributed by atoms with Gasteiger partial charge in [-0.05, 0) is 61.1 Å². The van der Waals surface area contributed by atoms with Crippen LogP contribution in [-0.4, -0.2) is 50.4 Å². The van der Waals surface area contributed by atoms with E-state index in [-0.39, 0.29) is 18.0 Å². The first-order valence-electron chi connectivity index (χ1n) is 9.30. The lowest BCUT2D eigenvalue weighted by Gasteiger charge is -2.32. The van der Waals surface area contributed by atoms with Gasteiger partial charge in [-0.3, -0.25) is 4.79 Å². The van der Waals surface area contributed by atoms with Crippen molar-refractivity contribution in [1.29, 1.82) is 0 Å². The second-order valence-corrected chi connectivity index (χ2v) is 7.03. The van der Waals surface area contributed by atoms with Crippen molar-refractivity contribution in [2.45, 2.75) is 57.5 Å². The Hall–Kier alpha value is -2.25. The zero-order valence-electron chi connectivity index (χ0n) is 14.4. The van der Waals surface area contributed by atoms with Crippen molar-refractivity contribution in [3.05, 3.63) is 12.1 Å². The Morgan fingerprint density at radius 1 is 1.04 bits per heavy atom. The summed E-state index contributed by atoms with van der Waals surface area (Å²) in [6.07, 6.45) is 8.71. The molecule has 1 saturated heterocycles. The number of tetrazole rings is 1. The summed E-state index contributed by atoms with van der Waals surface area (Å²) in [5, 5.41) is 15.7. The zero-order chi connectivity index (χ0) is 17.1. The number of aromatic nitrogens is 5. The van der Waals surface area contributed by atoms with Crippen molar-refractivity contribution < 1.29 is 9.53 Å². The van der Waals surface area contributed by atoms with Crippen molar-refractivity contribution in [2.24, 2.45) is 5.92 Å². The van der Waals surface area contributed by atoms with Crippen molar-refractivity contribution >= 4 is 17.4 Å². The standard InChI is InChI=1S/C17H24N6O2/c24-17(25-14-5-3-1-2-4-6-14)13-9-11-22(12-10-13)16-8-7-15-18-20-21-23(15)19-16/h7-8,13-14H,1-6,9-12H2. The minimum absolute atomic E-state index is 0.00422. The van der Waals surface area contributed by atoms with Crippen LogP contribution < -0.4 is 4.90 Å². The van der Waals surface area contributed by atoms with Crippen LogP contribution in [0.25, 0.3) is 5.65 Å². The topological polar surface area (TPSA) is 85.5 Å². The molecule has 134 valence electrons. The molecule has 2 aromatic rings. The molecule has 0 atom stereocenters. The summed E-state index contributed by atoms with van der Waals surface area (Å²) in [5.41, 5.74) is 0.630. The fraction of sp³-hybridized carbons (Fsp3) is 0.706. The highest BCUT2D eigenvalue weighted by molar-refractivity contribution is 5.73. The smallest absolute Gasteiger partial charge is 0.309 e. The maximum Gasteiger partial charge on any atom is 0.309 e. The predicted octanol–water partition coefficient (Wildman–Crippen LogP) is 2.00. The van der Waals surface area contributed by atoms with Crippen LogP contribution in [0, 0.1) is 5.92 Å². The van der Waals surface area contributed by atoms with Crippen LogP contribution in [0.2, 0.25) is 0 Å². The van der Waals surface area contributed by atoms with Crippen LogP contribution in [0.1, 0.15) is 51.4 Å². The number of carbonyl (C=O) groups is 1. The van der Waals surface area contributed by atoms with Gasteiger partial charge >= 0.3 is 5.97 Å². The van der Waals surface area contributed by atoms with E-state index in [1.54, 1.807) is 0 Å². The average molecular weight is 344 g/mol. The molecule has 1 saturated carbocycles. The van der Waals surface area contributed by atoms with Gasteiger partial charge in [0.1, 0.15) is 6.10 Å². The Morgan fingerprint density at radius 2 is 1.80 bits per heavy atom. The van der Waals surface area contributed by atoms with E-state index < -0.39 is 0 Å². The first-order valence-corrected chi connectivity index (χ1v) is 9.30. The molecule has 2 fully saturated rings. The van der Waals surface area contributed by atoms with E-state index in [2.05, 4.69) is 25.5 Å². The van der Waals surface area contributed by atoms with Crippen LogP contribution in [0.3, 0.4) is 0 Å². The molecule has 3 heterocycles. The highest BCUT2D eigenvalue weighted by atomic mass is 16.5. The van der Waals surface area contributed by atoms with Gasteiger partial charge in [-0.2, -0.15) is 0 Å². The van der Waals surface area contributed by atoms with Gasteiger partial charge in [-0.1, -0.05) is 12.8 Å². The number of ether oxygens (including phenoxy) is 1. The molecular weight excluding hydrogens is 320 g/mol. The maximum absolute atomic E-state index is 12.5. The lowest BCUT2D eigenvalue weighted by molar-refractivity contribution is -0.155. The largest absolute Gasteiger partial charge is 0.462 e. The van der Waals surface area contributed by atoms with E-state index in [1.807, 2.05) is 12.1 Å². The Bertz CT molecular complexity index is 717. The monoisotopic (exact) mass is 344 g/mol. The molecule has 0 spiro atoms. The number of hydrogen-bond acceptors (Lipinski definition) is 7. The van der Waals surface area contributed by atoms with Crippen LogP contribution >= 0.6 is 0 Å². The number of anilines is 1. The van der Waals surface area contributed by atoms with Crippen molar-refractivity contribution in [2.75, 3.05) is 18.0 Å². The summed E-state index contributed by atoms with van der Waals surface area (Å²) < 4.78 is 7.23. The van der Waals surface area contributed by atoms with Crippen LogP contribution in [0.5, 0.6) is 0 Å². The quantitative estimate of drug-likeness (QED) is 0.622. The number of nitrogens with zero attached hydrogens (tertiary/aromatic N) is 6. The van der Waals surface area contributed by atoms with E-state index in [0.29, 0.717) is 5.65 Å². The molecule has 8 nitrogen and oxygen atoms in total. The minimum atomic E-state index is -0.00422. The fourth-order valence-electron chi connectivity index (χ4n) is 3.77. The molecule has 1 aliphatic carbocycles. The highest BCUT2D eigenvalue weighted by Crippen LogP contribution is 2.25. The van der Waals surface area contributed by atoms with Gasteiger partial charge in [0.05, 0.1) is 5.92 Å². The van der Waals surface area contributed by atoms with Crippen LogP contribution in [0.4, 0.5) is 5.82 Å². The highest BCUT2D eigenvalue weighted by Gasteiger charge is 2.29. The molecule has 0 aromatic carbocycles. The Balaban J connectivity index is 1.32. The first kappa shape index (κ1) is 16.2. The minimum Gasteiger partial charge on any atom is -0.462 e. The van der Waals surface area contributed by atoms with Gasteiger partial charge in [0.25, 0.3) is 0 Å². The molecule has 8 heteroatoms. The molecule has 1 aliphatic heterocycles. The lowest BCUT2D eigenvalue weighted by atomic mass is 9.97. The molecule has 0 bridgehead atoms. The molecule has 0 amide bonds. The molecule has 25 heavy (non-hydrogen) atoms. The molecule has 2 aliphatic rings. The number of fused-ring (bicyclic) bond motifs is 1. The van der Waals surface area contributed by atoms with Gasteiger partial charge in [0.15, 0.2) is 11.5 Å². The maximum atomic E-state index is 12.5. The summed E-state index contributed by atoms with van der Waals surface area (Å²) in [5.74, 6) is 0.849. The van der Waals surface area contributed by atoms with Gasteiger partial charge in [-0.25, -0.2) is 0 Å². The molecular formula is C17H24N6O2.